The molecule has 0 fully saturated rings. The lowest BCUT2D eigenvalue weighted by Gasteiger charge is -2.16. The second-order valence-electron chi connectivity index (χ2n) is 3.69. The minimum atomic E-state index is 0.416. The van der Waals surface area contributed by atoms with Crippen molar-refractivity contribution in [3.05, 3.63) is 35.4 Å². The van der Waals surface area contributed by atoms with Crippen molar-refractivity contribution >= 4 is 11.6 Å². The van der Waals surface area contributed by atoms with Crippen molar-refractivity contribution < 1.29 is 4.74 Å². The molecule has 1 aromatic carbocycles. The van der Waals surface area contributed by atoms with Gasteiger partial charge < -0.3 is 4.74 Å². The van der Waals surface area contributed by atoms with E-state index in [0.717, 1.165) is 19.6 Å². The summed E-state index contributed by atoms with van der Waals surface area (Å²) in [5.41, 5.74) is 2.67. The first-order chi connectivity index (χ1) is 7.29. The van der Waals surface area contributed by atoms with Gasteiger partial charge in [0, 0.05) is 19.1 Å². The molecule has 15 heavy (non-hydrogen) atoms. The molecule has 0 spiro atoms. The molecular weight excluding hydrogens is 208 g/mol. The zero-order valence-electron chi connectivity index (χ0n) is 9.50. The van der Waals surface area contributed by atoms with Crippen molar-refractivity contribution in [1.29, 1.82) is 0 Å². The summed E-state index contributed by atoms with van der Waals surface area (Å²) < 4.78 is 5.37. The van der Waals surface area contributed by atoms with Crippen LogP contribution in [0.15, 0.2) is 24.3 Å². The molecule has 0 amide bonds. The molecule has 0 aromatic heterocycles. The molecule has 0 saturated heterocycles. The molecule has 1 rings (SSSR count). The van der Waals surface area contributed by atoms with E-state index in [4.69, 9.17) is 16.3 Å². The Morgan fingerprint density at radius 1 is 1.33 bits per heavy atom. The average Bonchev–Trinajstić information content (AvgIpc) is 2.26. The van der Waals surface area contributed by atoms with Crippen molar-refractivity contribution in [3.8, 4) is 0 Å². The first kappa shape index (κ1) is 12.5. The molecule has 1 aromatic rings. The molecule has 1 nitrogen and oxygen atoms in total. The summed E-state index contributed by atoms with van der Waals surface area (Å²) in [5.74, 6) is 1.08. The fourth-order valence-electron chi connectivity index (χ4n) is 1.73. The zero-order chi connectivity index (χ0) is 11.1. The van der Waals surface area contributed by atoms with Gasteiger partial charge in [0.15, 0.2) is 0 Å². The topological polar surface area (TPSA) is 9.23 Å². The lowest BCUT2D eigenvalue weighted by atomic mass is 9.94. The van der Waals surface area contributed by atoms with Crippen molar-refractivity contribution in [1.82, 2.24) is 0 Å². The molecule has 0 aliphatic heterocycles. The van der Waals surface area contributed by atoms with Gasteiger partial charge in [0.1, 0.15) is 0 Å². The van der Waals surface area contributed by atoms with Crippen LogP contribution in [0.3, 0.4) is 0 Å². The molecule has 0 aliphatic carbocycles. The van der Waals surface area contributed by atoms with Gasteiger partial charge in [-0.2, -0.15) is 0 Å². The summed E-state index contributed by atoms with van der Waals surface area (Å²) in [6, 6.07) is 8.43. The quantitative estimate of drug-likeness (QED) is 0.530. The lowest BCUT2D eigenvalue weighted by Crippen LogP contribution is -2.07. The first-order valence-corrected chi connectivity index (χ1v) is 6.02. The Bertz CT molecular complexity index is 286. The smallest absolute Gasteiger partial charge is 0.0472 e. The number of hydrogen-bond donors (Lipinski definition) is 0. The van der Waals surface area contributed by atoms with E-state index in [1.807, 2.05) is 6.92 Å². The van der Waals surface area contributed by atoms with Gasteiger partial charge in [-0.3, -0.25) is 0 Å². The van der Waals surface area contributed by atoms with E-state index >= 15 is 0 Å². The molecule has 0 aliphatic rings. The molecule has 2 heteroatoms. The highest BCUT2D eigenvalue weighted by Crippen LogP contribution is 2.24. The van der Waals surface area contributed by atoms with Crippen LogP contribution in [0.5, 0.6) is 0 Å². The Labute approximate surface area is 97.4 Å². The Morgan fingerprint density at radius 3 is 2.67 bits per heavy atom. The summed E-state index contributed by atoms with van der Waals surface area (Å²) in [6.45, 7) is 5.73. The van der Waals surface area contributed by atoms with Crippen molar-refractivity contribution in [2.45, 2.75) is 26.2 Å². The number of halogens is 1. The van der Waals surface area contributed by atoms with Gasteiger partial charge in [0.2, 0.25) is 0 Å². The standard InChI is InChI=1S/C13H19ClO/c1-3-15-9-8-12(10-14)13-7-5-4-6-11(13)2/h4-7,12H,3,8-10H2,1-2H3. The van der Waals surface area contributed by atoms with Gasteiger partial charge in [0.25, 0.3) is 0 Å². The lowest BCUT2D eigenvalue weighted by molar-refractivity contribution is 0.141. The molecule has 84 valence electrons. The number of alkyl halides is 1. The molecule has 0 heterocycles. The van der Waals surface area contributed by atoms with Crippen LogP contribution in [0.1, 0.15) is 30.4 Å². The van der Waals surface area contributed by atoms with Gasteiger partial charge in [-0.05, 0) is 37.3 Å². The molecule has 0 saturated carbocycles. The van der Waals surface area contributed by atoms with E-state index in [-0.39, 0.29) is 0 Å². The van der Waals surface area contributed by atoms with Gasteiger partial charge >= 0.3 is 0 Å². The number of rotatable bonds is 6. The molecule has 1 atom stereocenters. The normalized spacial score (nSPS) is 12.7. The van der Waals surface area contributed by atoms with Crippen molar-refractivity contribution in [2.75, 3.05) is 19.1 Å². The minimum Gasteiger partial charge on any atom is -0.382 e. The maximum atomic E-state index is 6.00. The third kappa shape index (κ3) is 3.84. The van der Waals surface area contributed by atoms with Crippen LogP contribution in [0, 0.1) is 6.92 Å². The van der Waals surface area contributed by atoms with Crippen LogP contribution < -0.4 is 0 Å². The maximum Gasteiger partial charge on any atom is 0.0472 e. The molecule has 0 N–H and O–H groups in total. The van der Waals surface area contributed by atoms with E-state index in [1.165, 1.54) is 11.1 Å². The second kappa shape index (κ2) is 6.86. The van der Waals surface area contributed by atoms with E-state index in [0.29, 0.717) is 11.8 Å². The predicted octanol–water partition coefficient (Wildman–Crippen LogP) is 3.74. The van der Waals surface area contributed by atoms with E-state index < -0.39 is 0 Å². The highest BCUT2D eigenvalue weighted by molar-refractivity contribution is 6.18. The fourth-order valence-corrected chi connectivity index (χ4v) is 2.05. The van der Waals surface area contributed by atoms with Crippen LogP contribution in [0.2, 0.25) is 0 Å². The van der Waals surface area contributed by atoms with Crippen molar-refractivity contribution in [3.63, 3.8) is 0 Å². The van der Waals surface area contributed by atoms with Gasteiger partial charge in [-0.15, -0.1) is 11.6 Å². The summed E-state index contributed by atoms with van der Waals surface area (Å²) in [7, 11) is 0. The first-order valence-electron chi connectivity index (χ1n) is 5.48. The molecule has 0 radical (unpaired) electrons. The fraction of sp³-hybridized carbons (Fsp3) is 0.538. The summed E-state index contributed by atoms with van der Waals surface area (Å²) in [4.78, 5) is 0. The number of aryl methyl sites for hydroxylation is 1. The Balaban J connectivity index is 2.61. The monoisotopic (exact) mass is 226 g/mol. The van der Waals surface area contributed by atoms with Crippen LogP contribution in [-0.4, -0.2) is 19.1 Å². The number of ether oxygens (including phenoxy) is 1. The van der Waals surface area contributed by atoms with Gasteiger partial charge in [0.05, 0.1) is 0 Å². The summed E-state index contributed by atoms with van der Waals surface area (Å²) in [5, 5.41) is 0. The zero-order valence-corrected chi connectivity index (χ0v) is 10.3. The van der Waals surface area contributed by atoms with Crippen molar-refractivity contribution in [2.24, 2.45) is 0 Å². The third-order valence-electron chi connectivity index (χ3n) is 2.63. The van der Waals surface area contributed by atoms with Crippen LogP contribution in [-0.2, 0) is 4.74 Å². The minimum absolute atomic E-state index is 0.416. The number of benzene rings is 1. The Morgan fingerprint density at radius 2 is 2.07 bits per heavy atom. The SMILES string of the molecule is CCOCCC(CCl)c1ccccc1C. The molecule has 0 bridgehead atoms. The van der Waals surface area contributed by atoms with E-state index in [2.05, 4.69) is 31.2 Å². The largest absolute Gasteiger partial charge is 0.382 e. The summed E-state index contributed by atoms with van der Waals surface area (Å²) >= 11 is 6.00. The highest BCUT2D eigenvalue weighted by atomic mass is 35.5. The Kier molecular flexibility index (Phi) is 5.74. The average molecular weight is 227 g/mol. The molecule has 1 unspecified atom stereocenters. The number of hydrogen-bond acceptors (Lipinski definition) is 1. The van der Waals surface area contributed by atoms with Gasteiger partial charge in [-0.25, -0.2) is 0 Å². The maximum absolute atomic E-state index is 6.00. The third-order valence-corrected chi connectivity index (χ3v) is 3.00. The summed E-state index contributed by atoms with van der Waals surface area (Å²) in [6.07, 6.45) is 1.00. The van der Waals surface area contributed by atoms with E-state index in [9.17, 15) is 0 Å². The highest BCUT2D eigenvalue weighted by Gasteiger charge is 2.11. The van der Waals surface area contributed by atoms with Crippen LogP contribution >= 0.6 is 11.6 Å². The van der Waals surface area contributed by atoms with E-state index in [1.54, 1.807) is 0 Å². The van der Waals surface area contributed by atoms with Crippen LogP contribution in [0.4, 0.5) is 0 Å². The van der Waals surface area contributed by atoms with Crippen LogP contribution in [0.25, 0.3) is 0 Å². The molecular formula is C13H19ClO. The van der Waals surface area contributed by atoms with Gasteiger partial charge in [-0.1, -0.05) is 24.3 Å². The second-order valence-corrected chi connectivity index (χ2v) is 4.00. The Hall–Kier alpha value is -0.530. The predicted molar refractivity (Wildman–Crippen MR) is 65.8 cm³/mol.